The van der Waals surface area contributed by atoms with Crippen molar-refractivity contribution < 1.29 is 19.1 Å². The molecule has 128 valence electrons. The predicted octanol–water partition coefficient (Wildman–Crippen LogP) is 4.30. The first-order valence-corrected chi connectivity index (χ1v) is 8.21. The quantitative estimate of drug-likeness (QED) is 0.597. The molecule has 1 unspecified atom stereocenters. The van der Waals surface area contributed by atoms with Gasteiger partial charge in [-0.15, -0.1) is 0 Å². The van der Waals surface area contributed by atoms with Gasteiger partial charge in [0, 0.05) is 13.3 Å². The highest BCUT2D eigenvalue weighted by Gasteiger charge is 2.30. The van der Waals surface area contributed by atoms with E-state index in [-0.39, 0.29) is 17.4 Å². The summed E-state index contributed by atoms with van der Waals surface area (Å²) in [5.41, 5.74) is 1.07. The first-order chi connectivity index (χ1) is 11.3. The largest absolute Gasteiger partial charge is 0.427 e. The number of esters is 2. The first kappa shape index (κ1) is 18.0. The Morgan fingerprint density at radius 2 is 1.83 bits per heavy atom. The minimum Gasteiger partial charge on any atom is -0.427 e. The summed E-state index contributed by atoms with van der Waals surface area (Å²) in [6.45, 7) is 7.53. The van der Waals surface area contributed by atoms with Crippen molar-refractivity contribution in [2.45, 2.75) is 46.0 Å². The third-order valence-corrected chi connectivity index (χ3v) is 4.37. The van der Waals surface area contributed by atoms with Gasteiger partial charge in [-0.05, 0) is 47.6 Å². The number of rotatable bonds is 5. The maximum absolute atomic E-state index is 11.4. The molecule has 2 rings (SSSR count). The maximum Gasteiger partial charge on any atom is 0.310 e. The van der Waals surface area contributed by atoms with E-state index in [0.29, 0.717) is 23.8 Å². The monoisotopic (exact) mass is 328 g/mol. The Bertz CT molecular complexity index is 665. The van der Waals surface area contributed by atoms with Crippen LogP contribution < -0.4 is 4.74 Å². The molecular formula is C20H24O4. The van der Waals surface area contributed by atoms with Gasteiger partial charge in [0.1, 0.15) is 11.5 Å². The second kappa shape index (κ2) is 7.47. The van der Waals surface area contributed by atoms with Gasteiger partial charge in [0.25, 0.3) is 0 Å². The fraction of sp³-hybridized carbons (Fsp3) is 0.400. The Hall–Kier alpha value is -2.36. The van der Waals surface area contributed by atoms with Crippen LogP contribution in [0.5, 0.6) is 5.75 Å². The van der Waals surface area contributed by atoms with E-state index in [1.54, 1.807) is 6.92 Å². The highest BCUT2D eigenvalue weighted by molar-refractivity contribution is 5.70. The number of hydrogen-bond donors (Lipinski definition) is 0. The van der Waals surface area contributed by atoms with Gasteiger partial charge in [-0.1, -0.05) is 39.0 Å². The van der Waals surface area contributed by atoms with Crippen LogP contribution in [0, 0.1) is 5.92 Å². The molecule has 1 aromatic rings. The van der Waals surface area contributed by atoms with Crippen molar-refractivity contribution >= 4 is 11.9 Å². The lowest BCUT2D eigenvalue weighted by molar-refractivity contribution is -0.138. The fourth-order valence-electron chi connectivity index (χ4n) is 2.75. The molecule has 1 aliphatic rings. The molecule has 0 bridgehead atoms. The van der Waals surface area contributed by atoms with Crippen LogP contribution >= 0.6 is 0 Å². The summed E-state index contributed by atoms with van der Waals surface area (Å²) in [4.78, 5) is 22.4. The molecular weight excluding hydrogens is 304 g/mol. The topological polar surface area (TPSA) is 52.6 Å². The molecule has 24 heavy (non-hydrogen) atoms. The van der Waals surface area contributed by atoms with Crippen molar-refractivity contribution in [2.75, 3.05) is 0 Å². The number of ether oxygens (including phenoxy) is 2. The zero-order valence-electron chi connectivity index (χ0n) is 14.7. The number of benzene rings is 1. The van der Waals surface area contributed by atoms with Crippen LogP contribution in [-0.2, 0) is 19.7 Å². The van der Waals surface area contributed by atoms with Crippen LogP contribution in [-0.4, -0.2) is 11.9 Å². The van der Waals surface area contributed by atoms with Gasteiger partial charge in [-0.2, -0.15) is 0 Å². The highest BCUT2D eigenvalue weighted by atomic mass is 16.5. The SMILES string of the molecule is CCC(=O)OC1=CCC(C(C)(C)c2ccc(OC(C)=O)cc2)C=C1. The van der Waals surface area contributed by atoms with Gasteiger partial charge < -0.3 is 9.47 Å². The van der Waals surface area contributed by atoms with E-state index in [4.69, 9.17) is 9.47 Å². The van der Waals surface area contributed by atoms with Crippen LogP contribution in [0.15, 0.2) is 48.3 Å². The van der Waals surface area contributed by atoms with Crippen molar-refractivity contribution in [3.8, 4) is 5.75 Å². The summed E-state index contributed by atoms with van der Waals surface area (Å²) in [5, 5.41) is 0. The molecule has 1 aliphatic carbocycles. The Balaban J connectivity index is 2.07. The Kier molecular flexibility index (Phi) is 5.60. The lowest BCUT2D eigenvalue weighted by Gasteiger charge is -2.34. The molecule has 0 radical (unpaired) electrons. The predicted molar refractivity (Wildman–Crippen MR) is 92.5 cm³/mol. The molecule has 0 saturated carbocycles. The average Bonchev–Trinajstić information content (AvgIpc) is 2.55. The van der Waals surface area contributed by atoms with Crippen LogP contribution in [0.2, 0.25) is 0 Å². The molecule has 0 N–H and O–H groups in total. The van der Waals surface area contributed by atoms with Crippen molar-refractivity contribution in [3.05, 3.63) is 53.8 Å². The lowest BCUT2D eigenvalue weighted by Crippen LogP contribution is -2.28. The Morgan fingerprint density at radius 1 is 1.17 bits per heavy atom. The maximum atomic E-state index is 11.4. The van der Waals surface area contributed by atoms with Gasteiger partial charge in [0.2, 0.25) is 0 Å². The Morgan fingerprint density at radius 3 is 2.33 bits per heavy atom. The molecule has 0 aromatic heterocycles. The van der Waals surface area contributed by atoms with Gasteiger partial charge in [-0.25, -0.2) is 0 Å². The van der Waals surface area contributed by atoms with Gasteiger partial charge in [-0.3, -0.25) is 9.59 Å². The van der Waals surface area contributed by atoms with E-state index in [1.165, 1.54) is 6.92 Å². The van der Waals surface area contributed by atoms with Crippen LogP contribution in [0.4, 0.5) is 0 Å². The molecule has 4 heteroatoms. The van der Waals surface area contributed by atoms with E-state index in [2.05, 4.69) is 19.9 Å². The molecule has 0 amide bonds. The lowest BCUT2D eigenvalue weighted by atomic mass is 9.71. The molecule has 0 heterocycles. The third-order valence-electron chi connectivity index (χ3n) is 4.37. The zero-order chi connectivity index (χ0) is 17.7. The summed E-state index contributed by atoms with van der Waals surface area (Å²) in [5.74, 6) is 0.927. The third kappa shape index (κ3) is 4.34. The summed E-state index contributed by atoms with van der Waals surface area (Å²) in [6.07, 6.45) is 7.11. The molecule has 0 fully saturated rings. The number of allylic oxidation sites excluding steroid dienone is 3. The van der Waals surface area contributed by atoms with E-state index in [1.807, 2.05) is 36.4 Å². The van der Waals surface area contributed by atoms with Crippen molar-refractivity contribution in [2.24, 2.45) is 5.92 Å². The molecule has 0 saturated heterocycles. The summed E-state index contributed by atoms with van der Waals surface area (Å²) < 4.78 is 10.3. The second-order valence-electron chi connectivity index (χ2n) is 6.48. The zero-order valence-corrected chi connectivity index (χ0v) is 14.7. The molecule has 1 atom stereocenters. The second-order valence-corrected chi connectivity index (χ2v) is 6.48. The summed E-state index contributed by atoms with van der Waals surface area (Å²) >= 11 is 0. The molecule has 0 aliphatic heterocycles. The minimum atomic E-state index is -0.323. The Labute approximate surface area is 143 Å². The van der Waals surface area contributed by atoms with E-state index >= 15 is 0 Å². The van der Waals surface area contributed by atoms with Crippen molar-refractivity contribution in [1.82, 2.24) is 0 Å². The van der Waals surface area contributed by atoms with Crippen LogP contribution in [0.1, 0.15) is 46.1 Å². The number of carbonyl (C=O) groups is 2. The summed E-state index contributed by atoms with van der Waals surface area (Å²) in [7, 11) is 0. The van der Waals surface area contributed by atoms with Crippen LogP contribution in [0.3, 0.4) is 0 Å². The number of hydrogen-bond acceptors (Lipinski definition) is 4. The fourth-order valence-corrected chi connectivity index (χ4v) is 2.75. The van der Waals surface area contributed by atoms with E-state index in [9.17, 15) is 9.59 Å². The van der Waals surface area contributed by atoms with Gasteiger partial charge >= 0.3 is 11.9 Å². The average molecular weight is 328 g/mol. The molecule has 0 spiro atoms. The number of carbonyl (C=O) groups excluding carboxylic acids is 2. The van der Waals surface area contributed by atoms with Gasteiger partial charge in [0.15, 0.2) is 0 Å². The van der Waals surface area contributed by atoms with Crippen molar-refractivity contribution in [1.29, 1.82) is 0 Å². The molecule has 1 aromatic carbocycles. The van der Waals surface area contributed by atoms with Crippen molar-refractivity contribution in [3.63, 3.8) is 0 Å². The van der Waals surface area contributed by atoms with E-state index < -0.39 is 0 Å². The first-order valence-electron chi connectivity index (χ1n) is 8.21. The minimum absolute atomic E-state index is 0.0952. The summed E-state index contributed by atoms with van der Waals surface area (Å²) in [6, 6.07) is 7.61. The van der Waals surface area contributed by atoms with Crippen LogP contribution in [0.25, 0.3) is 0 Å². The molecule has 4 nitrogen and oxygen atoms in total. The van der Waals surface area contributed by atoms with E-state index in [0.717, 1.165) is 12.0 Å². The smallest absolute Gasteiger partial charge is 0.310 e. The standard InChI is InChI=1S/C20H24O4/c1-5-19(22)24-18-12-8-16(9-13-18)20(3,4)15-6-10-17(11-7-15)23-14(2)21/h6-8,10-13,16H,5,9H2,1-4H3. The van der Waals surface area contributed by atoms with Gasteiger partial charge in [0.05, 0.1) is 0 Å². The highest BCUT2D eigenvalue weighted by Crippen LogP contribution is 2.37. The normalized spacial score (nSPS) is 17.2.